The molecule has 1 saturated carbocycles. The molecule has 30 heavy (non-hydrogen) atoms. The Morgan fingerprint density at radius 1 is 1.03 bits per heavy atom. The van der Waals surface area contributed by atoms with E-state index < -0.39 is 0 Å². The molecule has 4 heteroatoms. The van der Waals surface area contributed by atoms with Gasteiger partial charge < -0.3 is 4.74 Å². The molecule has 0 spiro atoms. The van der Waals surface area contributed by atoms with E-state index in [1.54, 1.807) is 6.07 Å². The molecule has 4 rings (SSSR count). The summed E-state index contributed by atoms with van der Waals surface area (Å²) in [7, 11) is 1.43. The summed E-state index contributed by atoms with van der Waals surface area (Å²) in [6.07, 6.45) is 9.97. The number of halogens is 1. The molecular formula is C26H32FNO2. The van der Waals surface area contributed by atoms with Crippen molar-refractivity contribution in [2.75, 3.05) is 7.11 Å². The third-order valence-corrected chi connectivity index (χ3v) is 7.58. The average molecular weight is 410 g/mol. The van der Waals surface area contributed by atoms with Crippen LogP contribution in [0.3, 0.4) is 0 Å². The summed E-state index contributed by atoms with van der Waals surface area (Å²) in [6, 6.07) is 7.81. The van der Waals surface area contributed by atoms with Crippen molar-refractivity contribution in [3.8, 4) is 0 Å². The van der Waals surface area contributed by atoms with Gasteiger partial charge >= 0.3 is 5.97 Å². The monoisotopic (exact) mass is 409 g/mol. The molecule has 0 saturated heterocycles. The van der Waals surface area contributed by atoms with Crippen molar-refractivity contribution in [1.29, 1.82) is 0 Å². The van der Waals surface area contributed by atoms with Crippen molar-refractivity contribution < 1.29 is 13.9 Å². The fourth-order valence-electron chi connectivity index (χ4n) is 6.07. The first kappa shape index (κ1) is 21.0. The van der Waals surface area contributed by atoms with E-state index in [1.165, 1.54) is 37.3 Å². The first-order chi connectivity index (χ1) is 14.5. The highest BCUT2D eigenvalue weighted by Gasteiger charge is 2.35. The van der Waals surface area contributed by atoms with E-state index in [4.69, 9.17) is 4.74 Å². The Labute approximate surface area is 179 Å². The molecule has 5 atom stereocenters. The van der Waals surface area contributed by atoms with Crippen molar-refractivity contribution in [2.24, 2.45) is 17.8 Å². The normalized spacial score (nSPS) is 29.0. The summed E-state index contributed by atoms with van der Waals surface area (Å²) in [5, 5.41) is 0. The van der Waals surface area contributed by atoms with Crippen LogP contribution in [-0.2, 0) is 11.2 Å². The molecule has 0 N–H and O–H groups in total. The fraction of sp³-hybridized carbons (Fsp3) is 0.538. The molecular weight excluding hydrogens is 377 g/mol. The smallest absolute Gasteiger partial charge is 0.337 e. The molecule has 160 valence electrons. The molecule has 1 heterocycles. The van der Waals surface area contributed by atoms with E-state index in [9.17, 15) is 9.18 Å². The van der Waals surface area contributed by atoms with Crippen molar-refractivity contribution >= 4 is 5.97 Å². The van der Waals surface area contributed by atoms with Crippen LogP contribution in [0, 0.1) is 23.6 Å². The van der Waals surface area contributed by atoms with Crippen LogP contribution in [0.15, 0.2) is 36.7 Å². The summed E-state index contributed by atoms with van der Waals surface area (Å²) in [6.45, 7) is 4.64. The summed E-state index contributed by atoms with van der Waals surface area (Å²) >= 11 is 0. The van der Waals surface area contributed by atoms with E-state index in [-0.39, 0.29) is 11.8 Å². The number of hydrogen-bond acceptors (Lipinski definition) is 3. The van der Waals surface area contributed by atoms with Gasteiger partial charge in [0.05, 0.1) is 18.9 Å². The zero-order valence-electron chi connectivity index (χ0n) is 18.2. The molecule has 0 bridgehead atoms. The lowest BCUT2D eigenvalue weighted by atomic mass is 9.71. The molecule has 0 amide bonds. The number of esters is 1. The first-order valence-electron chi connectivity index (χ1n) is 11.3. The number of carbonyl (C=O) groups is 1. The Kier molecular flexibility index (Phi) is 6.21. The van der Waals surface area contributed by atoms with Crippen LogP contribution in [0.2, 0.25) is 0 Å². The molecule has 2 aliphatic carbocycles. The van der Waals surface area contributed by atoms with Gasteiger partial charge in [-0.15, -0.1) is 0 Å². The zero-order chi connectivity index (χ0) is 21.3. The largest absolute Gasteiger partial charge is 0.465 e. The number of hydrogen-bond donors (Lipinski definition) is 0. The van der Waals surface area contributed by atoms with Crippen LogP contribution in [0.25, 0.3) is 0 Å². The number of aryl methyl sites for hydroxylation is 1. The second-order valence-electron chi connectivity index (χ2n) is 9.38. The molecule has 1 aromatic heterocycles. The van der Waals surface area contributed by atoms with Gasteiger partial charge in [-0.3, -0.25) is 4.98 Å². The molecule has 0 radical (unpaired) electrons. The van der Waals surface area contributed by atoms with E-state index in [1.807, 2.05) is 18.3 Å². The number of methoxy groups -OCH3 is 1. The van der Waals surface area contributed by atoms with E-state index in [0.29, 0.717) is 35.2 Å². The highest BCUT2D eigenvalue weighted by molar-refractivity contribution is 5.89. The van der Waals surface area contributed by atoms with Crippen LogP contribution < -0.4 is 0 Å². The lowest BCUT2D eigenvalue weighted by molar-refractivity contribution is 0.0600. The maximum absolute atomic E-state index is 13.9. The highest BCUT2D eigenvalue weighted by atomic mass is 19.1. The SMILES string of the molecule is COC(=O)c1ccc2c(c1)CCC1CCC(C)C(c3cncc(F)c3)C(C)CCC21. The van der Waals surface area contributed by atoms with Crippen molar-refractivity contribution in [3.63, 3.8) is 0 Å². The molecule has 0 aliphatic heterocycles. The predicted molar refractivity (Wildman–Crippen MR) is 116 cm³/mol. The quantitative estimate of drug-likeness (QED) is 0.548. The van der Waals surface area contributed by atoms with Crippen LogP contribution >= 0.6 is 0 Å². The topological polar surface area (TPSA) is 39.2 Å². The second kappa shape index (κ2) is 8.87. The lowest BCUT2D eigenvalue weighted by Crippen LogP contribution is -2.22. The fourth-order valence-corrected chi connectivity index (χ4v) is 6.07. The van der Waals surface area contributed by atoms with Crippen molar-refractivity contribution in [2.45, 2.75) is 64.2 Å². The zero-order valence-corrected chi connectivity index (χ0v) is 18.2. The summed E-state index contributed by atoms with van der Waals surface area (Å²) in [5.41, 5.74) is 4.43. The van der Waals surface area contributed by atoms with E-state index in [2.05, 4.69) is 24.9 Å². The number of carbonyl (C=O) groups excluding carboxylic acids is 1. The number of ether oxygens (including phenoxy) is 1. The highest BCUT2D eigenvalue weighted by Crippen LogP contribution is 2.47. The number of pyridine rings is 1. The van der Waals surface area contributed by atoms with E-state index >= 15 is 0 Å². The third kappa shape index (κ3) is 4.14. The molecule has 2 aromatic rings. The Balaban J connectivity index is 1.60. The number of fused-ring (bicyclic) bond motifs is 3. The minimum atomic E-state index is -0.261. The molecule has 1 fully saturated rings. The van der Waals surface area contributed by atoms with Gasteiger partial charge in [0, 0.05) is 6.20 Å². The Morgan fingerprint density at radius 2 is 1.80 bits per heavy atom. The van der Waals surface area contributed by atoms with Crippen molar-refractivity contribution in [3.05, 3.63) is 64.7 Å². The minimum Gasteiger partial charge on any atom is -0.465 e. The maximum atomic E-state index is 13.9. The second-order valence-corrected chi connectivity index (χ2v) is 9.38. The summed E-state index contributed by atoms with van der Waals surface area (Å²) < 4.78 is 18.8. The first-order valence-corrected chi connectivity index (χ1v) is 11.3. The van der Waals surface area contributed by atoms with Crippen LogP contribution in [0.1, 0.15) is 84.8 Å². The molecule has 3 nitrogen and oxygen atoms in total. The van der Waals surface area contributed by atoms with Gasteiger partial charge in [0.1, 0.15) is 5.82 Å². The summed E-state index contributed by atoms with van der Waals surface area (Å²) in [4.78, 5) is 16.1. The number of nitrogens with zero attached hydrogens (tertiary/aromatic N) is 1. The van der Waals surface area contributed by atoms with Crippen molar-refractivity contribution in [1.82, 2.24) is 4.98 Å². The average Bonchev–Trinajstić information content (AvgIpc) is 2.81. The molecule has 5 unspecified atom stereocenters. The lowest BCUT2D eigenvalue weighted by Gasteiger charge is -2.34. The maximum Gasteiger partial charge on any atom is 0.337 e. The minimum absolute atomic E-state index is 0.240. The van der Waals surface area contributed by atoms with Gasteiger partial charge in [-0.25, -0.2) is 9.18 Å². The Morgan fingerprint density at radius 3 is 2.53 bits per heavy atom. The van der Waals surface area contributed by atoms with Gasteiger partial charge in [0.15, 0.2) is 0 Å². The van der Waals surface area contributed by atoms with Gasteiger partial charge in [-0.2, -0.15) is 0 Å². The number of rotatable bonds is 2. The van der Waals surface area contributed by atoms with Crippen LogP contribution in [-0.4, -0.2) is 18.1 Å². The number of aromatic nitrogens is 1. The Hall–Kier alpha value is -2.23. The van der Waals surface area contributed by atoms with Gasteiger partial charge in [0.25, 0.3) is 0 Å². The Bertz CT molecular complexity index is 912. The molecule has 2 aliphatic rings. The standard InChI is InChI=1S/C26H32FNO2/c1-16-4-6-18-7-8-19-12-20(26(29)30-3)9-11-24(19)23(18)10-5-17(2)25(16)21-13-22(27)15-28-14-21/h9,11-18,23,25H,4-8,10H2,1-3H3. The van der Waals surface area contributed by atoms with Gasteiger partial charge in [-0.05, 0) is 103 Å². The van der Waals surface area contributed by atoms with Crippen LogP contribution in [0.4, 0.5) is 4.39 Å². The van der Waals surface area contributed by atoms with Crippen LogP contribution in [0.5, 0.6) is 0 Å². The summed E-state index contributed by atoms with van der Waals surface area (Å²) in [5.74, 6) is 2.04. The third-order valence-electron chi connectivity index (χ3n) is 7.58. The predicted octanol–water partition coefficient (Wildman–Crippen LogP) is 6.28. The van der Waals surface area contributed by atoms with Gasteiger partial charge in [0.2, 0.25) is 0 Å². The number of benzene rings is 1. The molecule has 1 aromatic carbocycles. The van der Waals surface area contributed by atoms with E-state index in [0.717, 1.165) is 31.2 Å². The van der Waals surface area contributed by atoms with Gasteiger partial charge in [-0.1, -0.05) is 19.9 Å².